The first-order chi connectivity index (χ1) is 9.00. The summed E-state index contributed by atoms with van der Waals surface area (Å²) in [5, 5.41) is 0. The van der Waals surface area contributed by atoms with E-state index in [1.54, 1.807) is 4.52 Å². The van der Waals surface area contributed by atoms with Crippen LogP contribution in [0.5, 0.6) is 0 Å². The third kappa shape index (κ3) is 3.89. The summed E-state index contributed by atoms with van der Waals surface area (Å²) in [5.41, 5.74) is 0. The van der Waals surface area contributed by atoms with Crippen LogP contribution in [-0.4, -0.2) is 18.7 Å². The van der Waals surface area contributed by atoms with Crippen LogP contribution in [0.3, 0.4) is 0 Å². The third-order valence-corrected chi connectivity index (χ3v) is 8.83. The molecule has 1 aliphatic heterocycles. The summed E-state index contributed by atoms with van der Waals surface area (Å²) >= 11 is 0. The largest absolute Gasteiger partial charge is 0.408 e. The summed E-state index contributed by atoms with van der Waals surface area (Å²) in [7, 11) is -25.8. The Balaban J connectivity index is 3.29. The topological polar surface area (TPSA) is 25.3 Å². The minimum absolute atomic E-state index is 1.56. The first-order valence-electron chi connectivity index (χ1n) is 3.69. The van der Waals surface area contributed by atoms with Crippen molar-refractivity contribution < 1.29 is 43.1 Å². The average molecular weight is 415 g/mol. The lowest BCUT2D eigenvalue weighted by Crippen LogP contribution is -2.15. The monoisotopic (exact) mass is 415 g/mol. The van der Waals surface area contributed by atoms with Gasteiger partial charge in [0.05, 0.1) is 0 Å². The van der Waals surface area contributed by atoms with Crippen LogP contribution >= 0.6 is 42.0 Å². The van der Waals surface area contributed by atoms with Gasteiger partial charge in [-0.1, -0.05) is 0 Å². The SMILES string of the molecule is FN1P(F)N=P(F)(F)N(F)P(F)N(F)P(F)N(F)P1F. The highest BCUT2D eigenvalue weighted by Gasteiger charge is 2.53. The summed E-state index contributed by atoms with van der Waals surface area (Å²) in [6, 6.07) is 0. The van der Waals surface area contributed by atoms with Crippen molar-refractivity contribution in [2.75, 3.05) is 0 Å². The molecule has 4 unspecified atom stereocenters. The van der Waals surface area contributed by atoms with E-state index < -0.39 is 60.6 Å². The molecule has 0 bridgehead atoms. The molecule has 4 atom stereocenters. The molecule has 120 valence electrons. The second-order valence-corrected chi connectivity index (χ2v) is 10.1. The molecule has 0 N–H and O–H groups in total. The van der Waals surface area contributed by atoms with Crippen molar-refractivity contribution in [3.05, 3.63) is 0 Å². The van der Waals surface area contributed by atoms with Crippen LogP contribution in [0.2, 0.25) is 0 Å². The number of nitrogens with zero attached hydrogens (tertiary/aromatic N) is 5. The standard InChI is InChI=1S/F10N5P5/c1-12-16(5)11-20(9,10)15(4)19(8)14(3)18(7)13(2)17(12)6. The molecular weight excluding hydrogens is 415 g/mol. The molecule has 0 aromatic carbocycles. The van der Waals surface area contributed by atoms with Crippen LogP contribution in [0, 0.1) is 0 Å². The quantitative estimate of drug-likeness (QED) is 0.234. The van der Waals surface area contributed by atoms with E-state index in [9.17, 15) is 43.1 Å². The van der Waals surface area contributed by atoms with E-state index in [-0.39, 0.29) is 0 Å². The number of hydrogen-bond acceptors (Lipinski definition) is 5. The highest BCUT2D eigenvalue weighted by molar-refractivity contribution is 7.77. The van der Waals surface area contributed by atoms with Crippen LogP contribution in [0.1, 0.15) is 0 Å². The molecule has 0 aromatic rings. The summed E-state index contributed by atoms with van der Waals surface area (Å²) in [4.78, 5) is 0. The molecule has 1 heterocycles. The lowest BCUT2D eigenvalue weighted by atomic mass is 13.6. The molecule has 1 aliphatic rings. The van der Waals surface area contributed by atoms with Crippen LogP contribution in [0.15, 0.2) is 4.52 Å². The van der Waals surface area contributed by atoms with Gasteiger partial charge in [-0.15, -0.1) is 17.9 Å². The molecule has 0 amide bonds. The van der Waals surface area contributed by atoms with E-state index >= 15 is 0 Å². The molecule has 0 aromatic heterocycles. The molecule has 0 saturated carbocycles. The average Bonchev–Trinajstić information content (AvgIpc) is 2.39. The normalized spacial score (nSPS) is 39.5. The second kappa shape index (κ2) is 7.11. The Morgan fingerprint density at radius 3 is 1.60 bits per heavy atom. The minimum Gasteiger partial charge on any atom is -0.184 e. The fraction of sp³-hybridized carbons (Fsp3) is 0. The van der Waals surface area contributed by atoms with E-state index in [1.165, 1.54) is 0 Å². The van der Waals surface area contributed by atoms with Gasteiger partial charge in [-0.3, -0.25) is 0 Å². The van der Waals surface area contributed by atoms with E-state index in [1.807, 2.05) is 0 Å². The molecule has 20 heteroatoms. The fourth-order valence-electron chi connectivity index (χ4n) is 0.609. The first kappa shape index (κ1) is 19.1. The third-order valence-electron chi connectivity index (χ3n) is 1.33. The maximum absolute atomic E-state index is 12.9. The number of hydrogen-bond donors (Lipinski definition) is 0. The fourth-order valence-corrected chi connectivity index (χ4v) is 6.86. The van der Waals surface area contributed by atoms with Crippen molar-refractivity contribution in [1.29, 1.82) is 0 Å². The van der Waals surface area contributed by atoms with Crippen molar-refractivity contribution in [3.8, 4) is 0 Å². The van der Waals surface area contributed by atoms with E-state index in [0.717, 1.165) is 0 Å². The molecule has 5 nitrogen and oxygen atoms in total. The molecule has 0 saturated heterocycles. The number of rotatable bonds is 0. The molecule has 20 heavy (non-hydrogen) atoms. The van der Waals surface area contributed by atoms with Gasteiger partial charge in [0.1, 0.15) is 0 Å². The van der Waals surface area contributed by atoms with Gasteiger partial charge in [0.15, 0.2) is 0 Å². The maximum atomic E-state index is 12.9. The Bertz CT molecular complexity index is 388. The zero-order valence-corrected chi connectivity index (χ0v) is 12.7. The van der Waals surface area contributed by atoms with Crippen LogP contribution in [0.4, 0.5) is 43.1 Å². The zero-order valence-electron chi connectivity index (χ0n) is 8.25. The Labute approximate surface area is 109 Å². The summed E-state index contributed by atoms with van der Waals surface area (Å²) < 4.78 is 122. The second-order valence-electron chi connectivity index (χ2n) is 2.47. The van der Waals surface area contributed by atoms with E-state index in [2.05, 4.69) is 0 Å². The summed E-state index contributed by atoms with van der Waals surface area (Å²) in [5.74, 6) is 0. The van der Waals surface area contributed by atoms with Crippen LogP contribution in [-0.2, 0) is 0 Å². The molecule has 0 spiro atoms. The van der Waals surface area contributed by atoms with Crippen molar-refractivity contribution in [1.82, 2.24) is 18.7 Å². The minimum atomic E-state index is -6.72. The van der Waals surface area contributed by atoms with Gasteiger partial charge in [-0.05, 0) is 14.0 Å². The smallest absolute Gasteiger partial charge is 0.184 e. The lowest BCUT2D eigenvalue weighted by Gasteiger charge is -2.28. The molecule has 1 rings (SSSR count). The number of halogens is 10. The predicted octanol–water partition coefficient (Wildman–Crippen LogP) is 7.42. The Kier molecular flexibility index (Phi) is 6.80. The summed E-state index contributed by atoms with van der Waals surface area (Å²) in [6.07, 6.45) is 0. The lowest BCUT2D eigenvalue weighted by molar-refractivity contribution is 0.150. The Morgan fingerprint density at radius 1 is 0.700 bits per heavy atom. The van der Waals surface area contributed by atoms with Crippen LogP contribution in [0.25, 0.3) is 0 Å². The maximum Gasteiger partial charge on any atom is 0.408 e. The summed E-state index contributed by atoms with van der Waals surface area (Å²) in [6.45, 7) is 0. The first-order valence-corrected chi connectivity index (χ1v) is 9.72. The van der Waals surface area contributed by atoms with Gasteiger partial charge >= 0.3 is 42.0 Å². The van der Waals surface area contributed by atoms with E-state index in [4.69, 9.17) is 0 Å². The Morgan fingerprint density at radius 2 is 1.10 bits per heavy atom. The highest BCUT2D eigenvalue weighted by Crippen LogP contribution is 2.80. The van der Waals surface area contributed by atoms with E-state index in [0.29, 0.717) is 0 Å². The van der Waals surface area contributed by atoms with Gasteiger partial charge in [0.2, 0.25) is 0 Å². The van der Waals surface area contributed by atoms with Crippen molar-refractivity contribution in [2.24, 2.45) is 4.52 Å². The van der Waals surface area contributed by atoms with Gasteiger partial charge < -0.3 is 0 Å². The molecule has 0 radical (unpaired) electrons. The molecule has 0 aliphatic carbocycles. The van der Waals surface area contributed by atoms with Crippen LogP contribution < -0.4 is 0 Å². The highest BCUT2D eigenvalue weighted by atomic mass is 31.3. The molecular formula is F10N5P5. The predicted molar refractivity (Wildman–Crippen MR) is 55.5 cm³/mol. The van der Waals surface area contributed by atoms with Crippen molar-refractivity contribution >= 4 is 42.0 Å². The van der Waals surface area contributed by atoms with Gasteiger partial charge in [-0.2, -0.15) is 29.7 Å². The molecule has 0 fully saturated rings. The van der Waals surface area contributed by atoms with Crippen molar-refractivity contribution in [3.63, 3.8) is 0 Å². The van der Waals surface area contributed by atoms with Gasteiger partial charge in [-0.25, -0.2) is 0 Å². The van der Waals surface area contributed by atoms with Gasteiger partial charge in [0.25, 0.3) is 0 Å². The Hall–Kier alpha value is 1.09. The van der Waals surface area contributed by atoms with Crippen molar-refractivity contribution in [2.45, 2.75) is 0 Å². The van der Waals surface area contributed by atoms with Gasteiger partial charge in [0, 0.05) is 4.66 Å². The zero-order chi connectivity index (χ0) is 15.8.